The molecular weight excluding hydrogens is 239 g/mol. The van der Waals surface area contributed by atoms with Gasteiger partial charge >= 0.3 is 11.7 Å². The van der Waals surface area contributed by atoms with E-state index in [4.69, 9.17) is 5.11 Å². The number of nitrogens with zero attached hydrogens (tertiary/aromatic N) is 2. The largest absolute Gasteiger partial charge is 0.478 e. The number of benzene rings is 1. The van der Waals surface area contributed by atoms with Gasteiger partial charge in [-0.2, -0.15) is 4.98 Å². The van der Waals surface area contributed by atoms with Crippen molar-refractivity contribution in [3.63, 3.8) is 0 Å². The fourth-order valence-corrected chi connectivity index (χ4v) is 1.56. The molecule has 0 saturated heterocycles. The van der Waals surface area contributed by atoms with Gasteiger partial charge in [-0.25, -0.2) is 14.0 Å². The highest BCUT2D eigenvalue weighted by atomic mass is 19.1. The Morgan fingerprint density at radius 1 is 1.44 bits per heavy atom. The third kappa shape index (κ3) is 2.13. The minimum Gasteiger partial charge on any atom is -0.478 e. The molecule has 0 fully saturated rings. The van der Waals surface area contributed by atoms with Gasteiger partial charge < -0.3 is 9.67 Å². The van der Waals surface area contributed by atoms with Gasteiger partial charge in [-0.05, 0) is 12.1 Å². The maximum Gasteiger partial charge on any atom is 0.347 e. The van der Waals surface area contributed by atoms with Crippen molar-refractivity contribution in [2.75, 3.05) is 0 Å². The van der Waals surface area contributed by atoms with E-state index in [-0.39, 0.29) is 16.8 Å². The summed E-state index contributed by atoms with van der Waals surface area (Å²) in [5, 5.41) is 9.06. The molecule has 0 aliphatic heterocycles. The lowest BCUT2D eigenvalue weighted by Crippen LogP contribution is -2.22. The van der Waals surface area contributed by atoms with E-state index in [2.05, 4.69) is 4.98 Å². The molecule has 0 atom stereocenters. The Balaban J connectivity index is 2.74. The summed E-state index contributed by atoms with van der Waals surface area (Å²) in [6.07, 6.45) is 1.16. The predicted molar refractivity (Wildman–Crippen MR) is 61.8 cm³/mol. The lowest BCUT2D eigenvalue weighted by atomic mass is 10.1. The van der Waals surface area contributed by atoms with Crippen molar-refractivity contribution in [1.82, 2.24) is 9.55 Å². The van der Waals surface area contributed by atoms with Gasteiger partial charge in [0, 0.05) is 18.8 Å². The van der Waals surface area contributed by atoms with Crippen LogP contribution in [0.4, 0.5) is 4.39 Å². The second-order valence-corrected chi connectivity index (χ2v) is 3.71. The van der Waals surface area contributed by atoms with Crippen molar-refractivity contribution < 1.29 is 14.3 Å². The molecule has 0 aliphatic carbocycles. The number of aromatic carboxylic acids is 1. The summed E-state index contributed by atoms with van der Waals surface area (Å²) in [4.78, 5) is 26.2. The van der Waals surface area contributed by atoms with Crippen LogP contribution in [0.15, 0.2) is 35.3 Å². The number of carboxylic acid groups (broad SMARTS) is 1. The van der Waals surface area contributed by atoms with E-state index in [1.807, 2.05) is 0 Å². The van der Waals surface area contributed by atoms with Gasteiger partial charge in [-0.3, -0.25) is 0 Å². The monoisotopic (exact) mass is 248 g/mol. The first-order valence-electron chi connectivity index (χ1n) is 5.06. The first kappa shape index (κ1) is 12.0. The van der Waals surface area contributed by atoms with E-state index in [0.717, 1.165) is 16.8 Å². The highest BCUT2D eigenvalue weighted by Crippen LogP contribution is 2.20. The van der Waals surface area contributed by atoms with Gasteiger partial charge in [0.25, 0.3) is 0 Å². The van der Waals surface area contributed by atoms with Crippen molar-refractivity contribution in [2.45, 2.75) is 0 Å². The fourth-order valence-electron chi connectivity index (χ4n) is 1.56. The van der Waals surface area contributed by atoms with Crippen molar-refractivity contribution in [2.24, 2.45) is 7.05 Å². The zero-order chi connectivity index (χ0) is 13.3. The van der Waals surface area contributed by atoms with Crippen molar-refractivity contribution in [3.8, 4) is 11.3 Å². The van der Waals surface area contributed by atoms with Crippen LogP contribution < -0.4 is 5.69 Å². The molecule has 6 heteroatoms. The maximum atomic E-state index is 13.1. The SMILES string of the molecule is Cn1cc(C(=O)O)c(-c2cccc(F)c2)nc1=O. The Kier molecular flexibility index (Phi) is 2.93. The smallest absolute Gasteiger partial charge is 0.347 e. The fraction of sp³-hybridized carbons (Fsp3) is 0.0833. The molecule has 18 heavy (non-hydrogen) atoms. The normalized spacial score (nSPS) is 10.3. The zero-order valence-corrected chi connectivity index (χ0v) is 9.42. The third-order valence-electron chi connectivity index (χ3n) is 2.42. The van der Waals surface area contributed by atoms with Crippen LogP contribution in [0.5, 0.6) is 0 Å². The highest BCUT2D eigenvalue weighted by Gasteiger charge is 2.15. The van der Waals surface area contributed by atoms with E-state index in [1.165, 1.54) is 25.2 Å². The number of hydrogen-bond acceptors (Lipinski definition) is 3. The van der Waals surface area contributed by atoms with Crippen LogP contribution in [0.3, 0.4) is 0 Å². The summed E-state index contributed by atoms with van der Waals surface area (Å²) in [7, 11) is 1.40. The van der Waals surface area contributed by atoms with E-state index in [0.29, 0.717) is 0 Å². The van der Waals surface area contributed by atoms with E-state index < -0.39 is 17.5 Å². The van der Waals surface area contributed by atoms with Gasteiger partial charge in [0.2, 0.25) is 0 Å². The molecule has 0 spiro atoms. The van der Waals surface area contributed by atoms with Crippen LogP contribution in [0.2, 0.25) is 0 Å². The summed E-state index contributed by atoms with van der Waals surface area (Å²) in [6.45, 7) is 0. The molecule has 1 heterocycles. The molecule has 0 aliphatic rings. The van der Waals surface area contributed by atoms with Gasteiger partial charge in [0.15, 0.2) is 0 Å². The molecule has 0 unspecified atom stereocenters. The molecule has 1 N–H and O–H groups in total. The average molecular weight is 248 g/mol. The molecule has 2 aromatic rings. The van der Waals surface area contributed by atoms with Crippen LogP contribution in [0.25, 0.3) is 11.3 Å². The first-order valence-corrected chi connectivity index (χ1v) is 5.06. The third-order valence-corrected chi connectivity index (χ3v) is 2.42. The Morgan fingerprint density at radius 2 is 2.17 bits per heavy atom. The lowest BCUT2D eigenvalue weighted by molar-refractivity contribution is 0.0696. The number of carboxylic acids is 1. The summed E-state index contributed by atoms with van der Waals surface area (Å²) >= 11 is 0. The van der Waals surface area contributed by atoms with Gasteiger partial charge in [0.1, 0.15) is 11.4 Å². The molecule has 0 radical (unpaired) electrons. The standard InChI is InChI=1S/C12H9FN2O3/c1-15-6-9(11(16)17)10(14-12(15)18)7-3-2-4-8(13)5-7/h2-6H,1H3,(H,16,17). The molecule has 1 aromatic heterocycles. The first-order chi connectivity index (χ1) is 8.49. The average Bonchev–Trinajstić information content (AvgIpc) is 2.31. The minimum absolute atomic E-state index is 0.0369. The molecule has 0 amide bonds. The van der Waals surface area contributed by atoms with Crippen LogP contribution in [0.1, 0.15) is 10.4 Å². The van der Waals surface area contributed by atoms with E-state index in [9.17, 15) is 14.0 Å². The van der Waals surface area contributed by atoms with Crippen molar-refractivity contribution >= 4 is 5.97 Å². The topological polar surface area (TPSA) is 72.2 Å². The Morgan fingerprint density at radius 3 is 2.78 bits per heavy atom. The van der Waals surface area contributed by atoms with Crippen molar-refractivity contribution in [1.29, 1.82) is 0 Å². The van der Waals surface area contributed by atoms with Gasteiger partial charge in [0.05, 0.1) is 5.69 Å². The highest BCUT2D eigenvalue weighted by molar-refractivity contribution is 5.94. The molecule has 92 valence electrons. The molecule has 0 saturated carbocycles. The van der Waals surface area contributed by atoms with Crippen molar-refractivity contribution in [3.05, 3.63) is 52.3 Å². The lowest BCUT2D eigenvalue weighted by Gasteiger charge is -2.06. The molecule has 0 bridgehead atoms. The number of carbonyl (C=O) groups is 1. The van der Waals surface area contributed by atoms with Crippen LogP contribution >= 0.6 is 0 Å². The van der Waals surface area contributed by atoms with E-state index in [1.54, 1.807) is 0 Å². The summed E-state index contributed by atoms with van der Waals surface area (Å²) in [5.41, 5.74) is -0.530. The Bertz CT molecular complexity index is 679. The second-order valence-electron chi connectivity index (χ2n) is 3.71. The number of halogens is 1. The number of aromatic nitrogens is 2. The quantitative estimate of drug-likeness (QED) is 0.869. The second kappa shape index (κ2) is 4.40. The summed E-state index contributed by atoms with van der Waals surface area (Å²) < 4.78 is 14.2. The molecular formula is C12H9FN2O3. The minimum atomic E-state index is -1.22. The number of hydrogen-bond donors (Lipinski definition) is 1. The van der Waals surface area contributed by atoms with Gasteiger partial charge in [-0.15, -0.1) is 0 Å². The van der Waals surface area contributed by atoms with Crippen LogP contribution in [0, 0.1) is 5.82 Å². The molecule has 1 aromatic carbocycles. The van der Waals surface area contributed by atoms with Crippen LogP contribution in [-0.2, 0) is 7.05 Å². The zero-order valence-electron chi connectivity index (χ0n) is 9.42. The summed E-state index contributed by atoms with van der Waals surface area (Å²) in [6, 6.07) is 5.28. The molecule has 5 nitrogen and oxygen atoms in total. The Hall–Kier alpha value is -2.50. The number of rotatable bonds is 2. The predicted octanol–water partition coefficient (Wildman–Crippen LogP) is 1.28. The van der Waals surface area contributed by atoms with Gasteiger partial charge in [-0.1, -0.05) is 12.1 Å². The Labute approximate surface area is 101 Å². The maximum absolute atomic E-state index is 13.1. The summed E-state index contributed by atoms with van der Waals surface area (Å²) in [5.74, 6) is -1.75. The number of aryl methyl sites for hydroxylation is 1. The van der Waals surface area contributed by atoms with E-state index >= 15 is 0 Å². The van der Waals surface area contributed by atoms with Crippen LogP contribution in [-0.4, -0.2) is 20.6 Å². The molecule has 2 rings (SSSR count).